The van der Waals surface area contributed by atoms with E-state index < -0.39 is 22.2 Å². The Morgan fingerprint density at radius 1 is 1.17 bits per heavy atom. The number of aliphatic hydroxyl groups excluding tert-OH is 1. The first kappa shape index (κ1) is 16.6. The number of nitrogens with one attached hydrogen (secondary N) is 1. The van der Waals surface area contributed by atoms with Gasteiger partial charge in [-0.25, -0.2) is 18.1 Å². The number of nitriles is 1. The van der Waals surface area contributed by atoms with Crippen LogP contribution < -0.4 is 4.72 Å². The topological polar surface area (TPSA) is 103 Å². The zero-order valence-electron chi connectivity index (χ0n) is 12.9. The van der Waals surface area contributed by atoms with Crippen molar-refractivity contribution < 1.29 is 13.5 Å². The average Bonchev–Trinajstić information content (AvgIpc) is 2.99. The fraction of sp³-hybridized carbons (Fsp3) is 0.294. The van der Waals surface area contributed by atoms with E-state index >= 15 is 0 Å². The highest BCUT2D eigenvalue weighted by atomic mass is 32.2. The molecule has 124 valence electrons. The van der Waals surface area contributed by atoms with Crippen LogP contribution in [0.1, 0.15) is 24.8 Å². The van der Waals surface area contributed by atoms with Crippen LogP contribution in [0.4, 0.5) is 0 Å². The van der Waals surface area contributed by atoms with Crippen molar-refractivity contribution in [3.05, 3.63) is 48.0 Å². The minimum absolute atomic E-state index is 0.0801. The summed E-state index contributed by atoms with van der Waals surface area (Å²) in [5, 5.41) is 18.6. The second-order valence-electron chi connectivity index (χ2n) is 5.78. The van der Waals surface area contributed by atoms with Crippen molar-refractivity contribution in [3.63, 3.8) is 0 Å². The van der Waals surface area contributed by atoms with Crippen LogP contribution in [0.2, 0.25) is 0 Å². The van der Waals surface area contributed by atoms with Gasteiger partial charge in [0, 0.05) is 11.6 Å². The molecule has 1 aromatic heterocycles. The van der Waals surface area contributed by atoms with Crippen LogP contribution in [0.15, 0.2) is 47.5 Å². The molecule has 2 N–H and O–H groups in total. The summed E-state index contributed by atoms with van der Waals surface area (Å²) in [7, 11) is -3.79. The Balaban J connectivity index is 1.87. The summed E-state index contributed by atoms with van der Waals surface area (Å²) in [4.78, 5) is 4.22. The SMILES string of the molecule is N#Cc1ccc(-c2cccc(S(=O)(=O)N[C@H]3CCC[C@@H]3O)n2)cc1. The zero-order valence-corrected chi connectivity index (χ0v) is 13.7. The van der Waals surface area contributed by atoms with Crippen molar-refractivity contribution in [3.8, 4) is 17.3 Å². The van der Waals surface area contributed by atoms with Gasteiger partial charge in [0.2, 0.25) is 0 Å². The van der Waals surface area contributed by atoms with E-state index in [1.165, 1.54) is 6.07 Å². The normalized spacial score (nSPS) is 20.7. The van der Waals surface area contributed by atoms with E-state index in [-0.39, 0.29) is 5.03 Å². The van der Waals surface area contributed by atoms with Gasteiger partial charge in [-0.1, -0.05) is 18.2 Å². The van der Waals surface area contributed by atoms with Crippen LogP contribution in [0.3, 0.4) is 0 Å². The van der Waals surface area contributed by atoms with Gasteiger partial charge >= 0.3 is 0 Å². The Morgan fingerprint density at radius 2 is 1.92 bits per heavy atom. The number of aromatic nitrogens is 1. The number of hydrogen-bond acceptors (Lipinski definition) is 5. The number of pyridine rings is 1. The quantitative estimate of drug-likeness (QED) is 0.881. The van der Waals surface area contributed by atoms with Crippen molar-refractivity contribution >= 4 is 10.0 Å². The molecule has 1 fully saturated rings. The van der Waals surface area contributed by atoms with E-state index in [9.17, 15) is 13.5 Å². The van der Waals surface area contributed by atoms with Gasteiger partial charge in [-0.3, -0.25) is 0 Å². The molecule has 0 unspecified atom stereocenters. The molecule has 0 aliphatic heterocycles. The molecule has 7 heteroatoms. The van der Waals surface area contributed by atoms with Crippen molar-refractivity contribution in [1.29, 1.82) is 5.26 Å². The summed E-state index contributed by atoms with van der Waals surface area (Å²) in [6, 6.07) is 13.1. The fourth-order valence-electron chi connectivity index (χ4n) is 2.78. The van der Waals surface area contributed by atoms with Crippen molar-refractivity contribution in [2.45, 2.75) is 36.4 Å². The molecule has 1 heterocycles. The molecule has 0 amide bonds. The Labute approximate surface area is 140 Å². The van der Waals surface area contributed by atoms with Crippen molar-refractivity contribution in [1.82, 2.24) is 9.71 Å². The summed E-state index contributed by atoms with van der Waals surface area (Å²) < 4.78 is 27.5. The molecule has 2 aromatic rings. The van der Waals surface area contributed by atoms with Gasteiger partial charge in [-0.2, -0.15) is 5.26 Å². The van der Waals surface area contributed by atoms with Crippen LogP contribution in [-0.2, 0) is 10.0 Å². The predicted octanol–water partition coefficient (Wildman–Crippen LogP) is 1.81. The van der Waals surface area contributed by atoms with Gasteiger partial charge in [0.05, 0.1) is 23.4 Å². The highest BCUT2D eigenvalue weighted by molar-refractivity contribution is 7.89. The zero-order chi connectivity index (χ0) is 17.2. The molecular formula is C17H17N3O3S. The predicted molar refractivity (Wildman–Crippen MR) is 88.4 cm³/mol. The third-order valence-electron chi connectivity index (χ3n) is 4.09. The Morgan fingerprint density at radius 3 is 2.54 bits per heavy atom. The molecule has 1 aliphatic carbocycles. The minimum atomic E-state index is -3.79. The van der Waals surface area contributed by atoms with E-state index in [1.54, 1.807) is 36.4 Å². The highest BCUT2D eigenvalue weighted by Crippen LogP contribution is 2.22. The maximum absolute atomic E-state index is 12.5. The first-order valence-electron chi connectivity index (χ1n) is 7.67. The average molecular weight is 343 g/mol. The number of aliphatic hydroxyl groups is 1. The van der Waals surface area contributed by atoms with Gasteiger partial charge in [-0.15, -0.1) is 0 Å². The first-order chi connectivity index (χ1) is 11.5. The number of sulfonamides is 1. The number of benzene rings is 1. The lowest BCUT2D eigenvalue weighted by atomic mass is 10.1. The monoisotopic (exact) mass is 343 g/mol. The Hall–Kier alpha value is -2.27. The molecular weight excluding hydrogens is 326 g/mol. The van der Waals surface area contributed by atoms with Crippen molar-refractivity contribution in [2.24, 2.45) is 0 Å². The molecule has 1 saturated carbocycles. The maximum atomic E-state index is 12.5. The molecule has 0 radical (unpaired) electrons. The number of hydrogen-bond donors (Lipinski definition) is 2. The molecule has 3 rings (SSSR count). The van der Waals surface area contributed by atoms with E-state index in [1.807, 2.05) is 6.07 Å². The Bertz CT molecular complexity index is 873. The standard InChI is InChI=1S/C17H17N3O3S/c18-11-12-7-9-13(10-8-12)14-3-2-6-17(19-14)24(22,23)20-15-4-1-5-16(15)21/h2-3,6-10,15-16,20-21H,1,4-5H2/t15-,16-/m0/s1. The highest BCUT2D eigenvalue weighted by Gasteiger charge is 2.30. The van der Waals surface area contributed by atoms with E-state index in [4.69, 9.17) is 5.26 Å². The lowest BCUT2D eigenvalue weighted by Crippen LogP contribution is -2.40. The molecule has 6 nitrogen and oxygen atoms in total. The van der Waals surface area contributed by atoms with Gasteiger partial charge in [0.1, 0.15) is 0 Å². The third-order valence-corrected chi connectivity index (χ3v) is 5.49. The second-order valence-corrected chi connectivity index (χ2v) is 7.44. The molecule has 0 bridgehead atoms. The van der Waals surface area contributed by atoms with Crippen LogP contribution >= 0.6 is 0 Å². The van der Waals surface area contributed by atoms with E-state index in [2.05, 4.69) is 9.71 Å². The van der Waals surface area contributed by atoms with Gasteiger partial charge in [0.15, 0.2) is 5.03 Å². The fourth-order valence-corrected chi connectivity index (χ4v) is 4.05. The van der Waals surface area contributed by atoms with Gasteiger partial charge in [0.25, 0.3) is 10.0 Å². The summed E-state index contributed by atoms with van der Waals surface area (Å²) in [5.74, 6) is 0. The van der Waals surface area contributed by atoms with Gasteiger partial charge < -0.3 is 5.11 Å². The molecule has 2 atom stereocenters. The van der Waals surface area contributed by atoms with Crippen molar-refractivity contribution in [2.75, 3.05) is 0 Å². The minimum Gasteiger partial charge on any atom is -0.391 e. The van der Waals surface area contributed by atoms with Crippen LogP contribution in [-0.4, -0.2) is 30.7 Å². The molecule has 0 saturated heterocycles. The largest absolute Gasteiger partial charge is 0.391 e. The summed E-state index contributed by atoms with van der Waals surface area (Å²) in [6.07, 6.45) is 1.37. The number of rotatable bonds is 4. The van der Waals surface area contributed by atoms with E-state index in [0.29, 0.717) is 24.1 Å². The molecule has 1 aromatic carbocycles. The first-order valence-corrected chi connectivity index (χ1v) is 9.16. The smallest absolute Gasteiger partial charge is 0.258 e. The summed E-state index contributed by atoms with van der Waals surface area (Å²) >= 11 is 0. The third kappa shape index (κ3) is 3.46. The number of nitrogens with zero attached hydrogens (tertiary/aromatic N) is 2. The summed E-state index contributed by atoms with van der Waals surface area (Å²) in [5.41, 5.74) is 1.76. The molecule has 1 aliphatic rings. The van der Waals surface area contributed by atoms with Gasteiger partial charge in [-0.05, 0) is 43.5 Å². The molecule has 0 spiro atoms. The van der Waals surface area contributed by atoms with Crippen LogP contribution in [0.25, 0.3) is 11.3 Å². The lowest BCUT2D eigenvalue weighted by molar-refractivity contribution is 0.159. The Kier molecular flexibility index (Phi) is 4.62. The lowest BCUT2D eigenvalue weighted by Gasteiger charge is -2.16. The molecule has 24 heavy (non-hydrogen) atoms. The maximum Gasteiger partial charge on any atom is 0.258 e. The van der Waals surface area contributed by atoms with Crippen LogP contribution in [0, 0.1) is 11.3 Å². The second kappa shape index (κ2) is 6.69. The summed E-state index contributed by atoms with van der Waals surface area (Å²) in [6.45, 7) is 0. The van der Waals surface area contributed by atoms with Crippen LogP contribution in [0.5, 0.6) is 0 Å². The van der Waals surface area contributed by atoms with E-state index in [0.717, 1.165) is 12.0 Å².